The average Bonchev–Trinajstić information content (AvgIpc) is 2.49. The van der Waals surface area contributed by atoms with Crippen molar-refractivity contribution in [2.24, 2.45) is 0 Å². The minimum atomic E-state index is -0.716. The Hall–Kier alpha value is -2.05. The van der Waals surface area contributed by atoms with E-state index in [0.29, 0.717) is 26.6 Å². The molecule has 0 saturated carbocycles. The van der Waals surface area contributed by atoms with Crippen LogP contribution in [0.3, 0.4) is 0 Å². The van der Waals surface area contributed by atoms with Crippen molar-refractivity contribution in [3.05, 3.63) is 52.0 Å². The SMILES string of the molecule is CC(=O)Nc1cccc(NC(=O)C(C)Oc2ccc(Cl)cc2Br)c1. The molecule has 0 saturated heterocycles. The highest BCUT2D eigenvalue weighted by Gasteiger charge is 2.16. The van der Waals surface area contributed by atoms with Gasteiger partial charge >= 0.3 is 0 Å². The lowest BCUT2D eigenvalue weighted by atomic mass is 10.2. The Bertz CT molecular complexity index is 767. The first-order valence-corrected chi connectivity index (χ1v) is 8.32. The Morgan fingerprint density at radius 1 is 1.12 bits per heavy atom. The third kappa shape index (κ3) is 5.25. The number of hydrogen-bond donors (Lipinski definition) is 2. The smallest absolute Gasteiger partial charge is 0.265 e. The first-order valence-electron chi connectivity index (χ1n) is 7.15. The summed E-state index contributed by atoms with van der Waals surface area (Å²) in [5, 5.41) is 5.98. The van der Waals surface area contributed by atoms with E-state index in [-0.39, 0.29) is 11.8 Å². The van der Waals surface area contributed by atoms with Gasteiger partial charge < -0.3 is 15.4 Å². The van der Waals surface area contributed by atoms with Crippen molar-refractivity contribution in [2.45, 2.75) is 20.0 Å². The second kappa shape index (κ2) is 8.17. The quantitative estimate of drug-likeness (QED) is 0.763. The van der Waals surface area contributed by atoms with Gasteiger partial charge in [0, 0.05) is 23.3 Å². The van der Waals surface area contributed by atoms with E-state index in [2.05, 4.69) is 26.6 Å². The maximum Gasteiger partial charge on any atom is 0.265 e. The third-order valence-corrected chi connectivity index (χ3v) is 3.87. The van der Waals surface area contributed by atoms with Crippen molar-refractivity contribution in [3.63, 3.8) is 0 Å². The van der Waals surface area contributed by atoms with Gasteiger partial charge in [0.1, 0.15) is 5.75 Å². The van der Waals surface area contributed by atoms with Gasteiger partial charge in [0.15, 0.2) is 6.10 Å². The Morgan fingerprint density at radius 3 is 2.42 bits per heavy atom. The molecule has 2 N–H and O–H groups in total. The molecule has 0 bridgehead atoms. The van der Waals surface area contributed by atoms with Crippen LogP contribution in [0.5, 0.6) is 5.75 Å². The Labute approximate surface area is 153 Å². The minimum absolute atomic E-state index is 0.178. The predicted molar refractivity (Wildman–Crippen MR) is 98.6 cm³/mol. The summed E-state index contributed by atoms with van der Waals surface area (Å²) in [7, 11) is 0. The topological polar surface area (TPSA) is 67.4 Å². The lowest BCUT2D eigenvalue weighted by molar-refractivity contribution is -0.122. The molecule has 2 amide bonds. The van der Waals surface area contributed by atoms with Gasteiger partial charge in [-0.2, -0.15) is 0 Å². The second-order valence-electron chi connectivity index (χ2n) is 5.09. The summed E-state index contributed by atoms with van der Waals surface area (Å²) in [6, 6.07) is 11.9. The molecule has 7 heteroatoms. The van der Waals surface area contributed by atoms with Gasteiger partial charge in [0.25, 0.3) is 5.91 Å². The molecular formula is C17H16BrClN2O3. The molecule has 0 heterocycles. The zero-order chi connectivity index (χ0) is 17.7. The predicted octanol–water partition coefficient (Wildman–Crippen LogP) is 4.47. The maximum absolute atomic E-state index is 12.3. The minimum Gasteiger partial charge on any atom is -0.480 e. The second-order valence-corrected chi connectivity index (χ2v) is 6.38. The highest BCUT2D eigenvalue weighted by Crippen LogP contribution is 2.29. The van der Waals surface area contributed by atoms with Crippen LogP contribution in [0.1, 0.15) is 13.8 Å². The van der Waals surface area contributed by atoms with Gasteiger partial charge in [-0.15, -0.1) is 0 Å². The van der Waals surface area contributed by atoms with Crippen LogP contribution in [0.2, 0.25) is 5.02 Å². The normalized spacial score (nSPS) is 11.5. The monoisotopic (exact) mass is 410 g/mol. The molecule has 2 aromatic carbocycles. The van der Waals surface area contributed by atoms with Crippen LogP contribution in [-0.4, -0.2) is 17.9 Å². The number of benzene rings is 2. The number of hydrogen-bond acceptors (Lipinski definition) is 3. The van der Waals surface area contributed by atoms with Crippen LogP contribution >= 0.6 is 27.5 Å². The lowest BCUT2D eigenvalue weighted by Gasteiger charge is -2.16. The highest BCUT2D eigenvalue weighted by molar-refractivity contribution is 9.10. The summed E-state index contributed by atoms with van der Waals surface area (Å²) < 4.78 is 6.31. The zero-order valence-electron chi connectivity index (χ0n) is 13.1. The Kier molecular flexibility index (Phi) is 6.23. The molecule has 2 rings (SSSR count). The number of carbonyl (C=O) groups excluding carboxylic acids is 2. The van der Waals surface area contributed by atoms with Crippen LogP contribution in [-0.2, 0) is 9.59 Å². The largest absolute Gasteiger partial charge is 0.480 e. The molecule has 0 fully saturated rings. The van der Waals surface area contributed by atoms with Crippen LogP contribution in [0.25, 0.3) is 0 Å². The van der Waals surface area contributed by atoms with E-state index in [9.17, 15) is 9.59 Å². The van der Waals surface area contributed by atoms with Crippen LogP contribution in [0, 0.1) is 0 Å². The fourth-order valence-electron chi connectivity index (χ4n) is 1.94. The molecule has 1 unspecified atom stereocenters. The van der Waals surface area contributed by atoms with Gasteiger partial charge in [-0.05, 0) is 59.3 Å². The molecule has 24 heavy (non-hydrogen) atoms. The molecule has 126 valence electrons. The molecule has 1 atom stereocenters. The summed E-state index contributed by atoms with van der Waals surface area (Å²) in [5.74, 6) is 0.0358. The average molecular weight is 412 g/mol. The van der Waals surface area contributed by atoms with Gasteiger partial charge in [0.2, 0.25) is 5.91 Å². The van der Waals surface area contributed by atoms with E-state index in [1.807, 2.05) is 0 Å². The number of amides is 2. The Morgan fingerprint density at radius 2 is 1.79 bits per heavy atom. The van der Waals surface area contributed by atoms with Crippen molar-refractivity contribution in [1.82, 2.24) is 0 Å². The number of rotatable bonds is 5. The number of halogens is 2. The maximum atomic E-state index is 12.3. The first kappa shape index (κ1) is 18.3. The number of ether oxygens (including phenoxy) is 1. The fourth-order valence-corrected chi connectivity index (χ4v) is 2.71. The van der Waals surface area contributed by atoms with Crippen molar-refractivity contribution < 1.29 is 14.3 Å². The van der Waals surface area contributed by atoms with Gasteiger partial charge in [-0.1, -0.05) is 17.7 Å². The van der Waals surface area contributed by atoms with Crippen molar-refractivity contribution in [3.8, 4) is 5.75 Å². The molecule has 0 aromatic heterocycles. The molecular weight excluding hydrogens is 396 g/mol. The lowest BCUT2D eigenvalue weighted by Crippen LogP contribution is -2.30. The van der Waals surface area contributed by atoms with Crippen LogP contribution in [0.4, 0.5) is 11.4 Å². The van der Waals surface area contributed by atoms with E-state index < -0.39 is 6.10 Å². The van der Waals surface area contributed by atoms with Crippen molar-refractivity contribution in [1.29, 1.82) is 0 Å². The van der Waals surface area contributed by atoms with Crippen LogP contribution < -0.4 is 15.4 Å². The van der Waals surface area contributed by atoms with Crippen molar-refractivity contribution >= 4 is 50.7 Å². The molecule has 0 aliphatic carbocycles. The third-order valence-electron chi connectivity index (χ3n) is 3.02. The summed E-state index contributed by atoms with van der Waals surface area (Å²) in [6.07, 6.45) is -0.716. The molecule has 5 nitrogen and oxygen atoms in total. The van der Waals surface area contributed by atoms with E-state index in [1.165, 1.54) is 6.92 Å². The Balaban J connectivity index is 2.02. The van der Waals surface area contributed by atoms with Gasteiger partial charge in [-0.3, -0.25) is 9.59 Å². The summed E-state index contributed by atoms with van der Waals surface area (Å²) in [5.41, 5.74) is 1.17. The fraction of sp³-hybridized carbons (Fsp3) is 0.176. The highest BCUT2D eigenvalue weighted by atomic mass is 79.9. The van der Waals surface area contributed by atoms with E-state index in [4.69, 9.17) is 16.3 Å². The molecule has 0 radical (unpaired) electrons. The number of nitrogens with one attached hydrogen (secondary N) is 2. The van der Waals surface area contributed by atoms with Gasteiger partial charge in [-0.25, -0.2) is 0 Å². The van der Waals surface area contributed by atoms with Gasteiger partial charge in [0.05, 0.1) is 4.47 Å². The molecule has 0 aliphatic rings. The van der Waals surface area contributed by atoms with E-state index in [0.717, 1.165) is 0 Å². The summed E-state index contributed by atoms with van der Waals surface area (Å²) >= 11 is 9.22. The zero-order valence-corrected chi connectivity index (χ0v) is 15.4. The van der Waals surface area contributed by atoms with E-state index in [1.54, 1.807) is 49.4 Å². The molecule has 0 spiro atoms. The number of carbonyl (C=O) groups is 2. The summed E-state index contributed by atoms with van der Waals surface area (Å²) in [4.78, 5) is 23.3. The first-order chi connectivity index (χ1) is 11.3. The van der Waals surface area contributed by atoms with E-state index >= 15 is 0 Å². The summed E-state index contributed by atoms with van der Waals surface area (Å²) in [6.45, 7) is 3.07. The van der Waals surface area contributed by atoms with Crippen molar-refractivity contribution in [2.75, 3.05) is 10.6 Å². The molecule has 2 aromatic rings. The van der Waals surface area contributed by atoms with Crippen LogP contribution in [0.15, 0.2) is 46.9 Å². The molecule has 0 aliphatic heterocycles. The standard InChI is InChI=1S/C17H16BrClN2O3/c1-10(24-16-7-6-12(19)8-15(16)18)17(23)21-14-5-3-4-13(9-14)20-11(2)22/h3-10H,1-2H3,(H,20,22)(H,21,23). The number of anilines is 2.